The molecule has 130 valence electrons. The van der Waals surface area contributed by atoms with Gasteiger partial charge in [0.15, 0.2) is 5.69 Å². The van der Waals surface area contributed by atoms with Crippen molar-refractivity contribution in [3.63, 3.8) is 0 Å². The van der Waals surface area contributed by atoms with E-state index in [0.717, 1.165) is 18.5 Å². The van der Waals surface area contributed by atoms with Crippen molar-refractivity contribution in [2.24, 2.45) is 0 Å². The minimum Gasteiger partial charge on any atom is -0.368 e. The van der Waals surface area contributed by atoms with Gasteiger partial charge >= 0.3 is 0 Å². The van der Waals surface area contributed by atoms with E-state index < -0.39 is 0 Å². The highest BCUT2D eigenvalue weighted by Gasteiger charge is 2.08. The molecule has 1 aliphatic rings. The summed E-state index contributed by atoms with van der Waals surface area (Å²) in [6.07, 6.45) is 11.8. The molecule has 0 saturated heterocycles. The molecule has 2 aromatic rings. The first kappa shape index (κ1) is 17.1. The van der Waals surface area contributed by atoms with Crippen molar-refractivity contribution in [3.8, 4) is 0 Å². The third kappa shape index (κ3) is 5.38. The molecule has 0 atom stereocenters. The Kier molecular flexibility index (Phi) is 6.09. The molecule has 0 aliphatic heterocycles. The first-order chi connectivity index (χ1) is 12.3. The number of nitrogens with zero attached hydrogens (tertiary/aromatic N) is 3. The van der Waals surface area contributed by atoms with Gasteiger partial charge in [-0.15, -0.1) is 10.2 Å². The summed E-state index contributed by atoms with van der Waals surface area (Å²) in [4.78, 5) is 16.0. The summed E-state index contributed by atoms with van der Waals surface area (Å²) in [5, 5.41) is 14.2. The Bertz CT molecular complexity index is 712. The molecular formula is C19H23N5O. The molecule has 25 heavy (non-hydrogen) atoms. The molecule has 1 amide bonds. The van der Waals surface area contributed by atoms with Crippen molar-refractivity contribution < 1.29 is 4.79 Å². The van der Waals surface area contributed by atoms with Crippen LogP contribution in [0.5, 0.6) is 0 Å². The van der Waals surface area contributed by atoms with Crippen molar-refractivity contribution in [1.82, 2.24) is 20.5 Å². The number of carbonyl (C=O) groups excluding carboxylic acids is 1. The molecule has 6 heteroatoms. The van der Waals surface area contributed by atoms with E-state index in [4.69, 9.17) is 0 Å². The van der Waals surface area contributed by atoms with E-state index in [1.165, 1.54) is 31.3 Å². The number of amides is 1. The van der Waals surface area contributed by atoms with Gasteiger partial charge in [0.1, 0.15) is 5.82 Å². The van der Waals surface area contributed by atoms with E-state index >= 15 is 0 Å². The largest absolute Gasteiger partial charge is 0.368 e. The average Bonchev–Trinajstić information content (AvgIpc) is 2.68. The maximum atomic E-state index is 12.1. The van der Waals surface area contributed by atoms with Crippen molar-refractivity contribution >= 4 is 11.7 Å². The van der Waals surface area contributed by atoms with Crippen LogP contribution in [0.3, 0.4) is 0 Å². The third-order valence-corrected chi connectivity index (χ3v) is 4.24. The molecule has 3 rings (SSSR count). The average molecular weight is 337 g/mol. The van der Waals surface area contributed by atoms with Gasteiger partial charge in [0.25, 0.3) is 5.91 Å². The summed E-state index contributed by atoms with van der Waals surface area (Å²) in [6.45, 7) is 1.28. The lowest BCUT2D eigenvalue weighted by atomic mass is 9.97. The summed E-state index contributed by atoms with van der Waals surface area (Å²) in [5.41, 5.74) is 2.83. The molecule has 2 heterocycles. The normalized spacial score (nSPS) is 13.8. The van der Waals surface area contributed by atoms with Crippen LogP contribution in [0.4, 0.5) is 5.82 Å². The Labute approximate surface area is 147 Å². The highest BCUT2D eigenvalue weighted by atomic mass is 16.1. The van der Waals surface area contributed by atoms with Crippen LogP contribution in [0.25, 0.3) is 0 Å². The van der Waals surface area contributed by atoms with E-state index in [0.29, 0.717) is 18.1 Å². The minimum absolute atomic E-state index is 0.233. The lowest BCUT2D eigenvalue weighted by molar-refractivity contribution is 0.0945. The Balaban J connectivity index is 1.44. The fraction of sp³-hybridized carbons (Fsp3) is 0.368. The molecule has 0 spiro atoms. The third-order valence-electron chi connectivity index (χ3n) is 4.24. The standard InChI is InChI=1S/C19H23N5O/c25-19(22-14-16-8-11-20-12-9-16)17-6-7-18(24-23-17)21-13-10-15-4-2-1-3-5-15/h4,6-9,11-12H,1-3,5,10,13-14H2,(H,21,24)(H,22,25). The molecule has 2 N–H and O–H groups in total. The van der Waals surface area contributed by atoms with Crippen molar-refractivity contribution in [1.29, 1.82) is 0 Å². The number of rotatable bonds is 7. The number of hydrogen-bond donors (Lipinski definition) is 2. The Morgan fingerprint density at radius 1 is 1.08 bits per heavy atom. The van der Waals surface area contributed by atoms with Crippen LogP contribution in [0.15, 0.2) is 48.3 Å². The predicted octanol–water partition coefficient (Wildman–Crippen LogP) is 3.10. The van der Waals surface area contributed by atoms with Crippen LogP contribution >= 0.6 is 0 Å². The van der Waals surface area contributed by atoms with E-state index in [1.54, 1.807) is 24.5 Å². The van der Waals surface area contributed by atoms with Crippen LogP contribution in [0.2, 0.25) is 0 Å². The number of nitrogens with one attached hydrogen (secondary N) is 2. The van der Waals surface area contributed by atoms with Gasteiger partial charge in [0, 0.05) is 25.5 Å². The van der Waals surface area contributed by atoms with Gasteiger partial charge in [-0.1, -0.05) is 11.6 Å². The van der Waals surface area contributed by atoms with Crippen LogP contribution in [0, 0.1) is 0 Å². The fourth-order valence-corrected chi connectivity index (χ4v) is 2.80. The number of pyridine rings is 1. The van der Waals surface area contributed by atoms with Crippen molar-refractivity contribution in [3.05, 3.63) is 59.6 Å². The zero-order chi connectivity index (χ0) is 17.3. The second-order valence-electron chi connectivity index (χ2n) is 6.13. The van der Waals surface area contributed by atoms with Crippen LogP contribution in [0.1, 0.15) is 48.2 Å². The minimum atomic E-state index is -0.233. The fourth-order valence-electron chi connectivity index (χ4n) is 2.80. The van der Waals surface area contributed by atoms with Gasteiger partial charge in [-0.3, -0.25) is 9.78 Å². The number of allylic oxidation sites excluding steroid dienone is 1. The van der Waals surface area contributed by atoms with E-state index in [2.05, 4.69) is 31.9 Å². The van der Waals surface area contributed by atoms with Gasteiger partial charge < -0.3 is 10.6 Å². The van der Waals surface area contributed by atoms with Crippen LogP contribution < -0.4 is 10.6 Å². The molecule has 0 bridgehead atoms. The SMILES string of the molecule is O=C(NCc1ccncc1)c1ccc(NCCC2=CCCCC2)nn1. The molecule has 0 fully saturated rings. The summed E-state index contributed by atoms with van der Waals surface area (Å²) in [6, 6.07) is 7.21. The monoisotopic (exact) mass is 337 g/mol. The second kappa shape index (κ2) is 8.92. The highest BCUT2D eigenvalue weighted by molar-refractivity contribution is 5.92. The predicted molar refractivity (Wildman–Crippen MR) is 97.1 cm³/mol. The number of carbonyl (C=O) groups is 1. The van der Waals surface area contributed by atoms with E-state index in [-0.39, 0.29) is 5.91 Å². The van der Waals surface area contributed by atoms with Gasteiger partial charge in [0.2, 0.25) is 0 Å². The molecule has 0 aromatic carbocycles. The van der Waals surface area contributed by atoms with Gasteiger partial charge in [-0.25, -0.2) is 0 Å². The zero-order valence-corrected chi connectivity index (χ0v) is 14.2. The van der Waals surface area contributed by atoms with Gasteiger partial charge in [0.05, 0.1) is 0 Å². The lowest BCUT2D eigenvalue weighted by Crippen LogP contribution is -2.24. The Morgan fingerprint density at radius 2 is 1.96 bits per heavy atom. The first-order valence-corrected chi connectivity index (χ1v) is 8.74. The number of anilines is 1. The zero-order valence-electron chi connectivity index (χ0n) is 14.2. The maximum absolute atomic E-state index is 12.1. The molecule has 0 saturated carbocycles. The first-order valence-electron chi connectivity index (χ1n) is 8.74. The number of hydrogen-bond acceptors (Lipinski definition) is 5. The highest BCUT2D eigenvalue weighted by Crippen LogP contribution is 2.19. The maximum Gasteiger partial charge on any atom is 0.272 e. The molecule has 6 nitrogen and oxygen atoms in total. The molecule has 1 aliphatic carbocycles. The molecule has 0 radical (unpaired) electrons. The molecular weight excluding hydrogens is 314 g/mol. The smallest absolute Gasteiger partial charge is 0.272 e. The van der Waals surface area contributed by atoms with E-state index in [1.807, 2.05) is 12.1 Å². The quantitative estimate of drug-likeness (QED) is 0.759. The topological polar surface area (TPSA) is 79.8 Å². The molecule has 0 unspecified atom stereocenters. The van der Waals surface area contributed by atoms with Crippen molar-refractivity contribution in [2.75, 3.05) is 11.9 Å². The Hall–Kier alpha value is -2.76. The van der Waals surface area contributed by atoms with Crippen LogP contribution in [-0.4, -0.2) is 27.6 Å². The van der Waals surface area contributed by atoms with E-state index in [9.17, 15) is 4.79 Å². The second-order valence-corrected chi connectivity index (χ2v) is 6.13. The van der Waals surface area contributed by atoms with Gasteiger partial charge in [-0.2, -0.15) is 0 Å². The van der Waals surface area contributed by atoms with Crippen molar-refractivity contribution in [2.45, 2.75) is 38.6 Å². The van der Waals surface area contributed by atoms with Crippen LogP contribution in [-0.2, 0) is 6.54 Å². The summed E-state index contributed by atoms with van der Waals surface area (Å²) >= 11 is 0. The number of aromatic nitrogens is 3. The summed E-state index contributed by atoms with van der Waals surface area (Å²) < 4.78 is 0. The summed E-state index contributed by atoms with van der Waals surface area (Å²) in [7, 11) is 0. The van der Waals surface area contributed by atoms with Gasteiger partial charge in [-0.05, 0) is 61.9 Å². The summed E-state index contributed by atoms with van der Waals surface area (Å²) in [5.74, 6) is 0.463. The Morgan fingerprint density at radius 3 is 2.68 bits per heavy atom. The molecule has 2 aromatic heterocycles. The lowest BCUT2D eigenvalue weighted by Gasteiger charge is -2.13.